The molecular formula is C8H11NS. The Morgan fingerprint density at radius 3 is 3.00 bits per heavy atom. The molecule has 0 fully saturated rings. The average molecular weight is 153 g/mol. The van der Waals surface area contributed by atoms with Crippen molar-refractivity contribution in [3.8, 4) is 0 Å². The van der Waals surface area contributed by atoms with E-state index in [1.165, 1.54) is 11.1 Å². The molecule has 0 amide bonds. The fourth-order valence-corrected chi connectivity index (χ4v) is 1.42. The fourth-order valence-electron chi connectivity index (χ4n) is 0.803. The standard InChI is InChI=1S/C8H11NS/c1-7-3-4-9-5-8(7)6-10-2/h3-5H,6H2,1-2H3. The van der Waals surface area contributed by atoms with Crippen molar-refractivity contribution in [3.63, 3.8) is 0 Å². The van der Waals surface area contributed by atoms with Gasteiger partial charge in [0, 0.05) is 18.1 Å². The van der Waals surface area contributed by atoms with Crippen molar-refractivity contribution in [2.24, 2.45) is 0 Å². The van der Waals surface area contributed by atoms with Crippen LogP contribution in [0.1, 0.15) is 11.1 Å². The van der Waals surface area contributed by atoms with Gasteiger partial charge in [-0.2, -0.15) is 11.8 Å². The molecule has 0 atom stereocenters. The molecule has 0 bridgehead atoms. The first-order chi connectivity index (χ1) is 4.84. The topological polar surface area (TPSA) is 12.9 Å². The zero-order valence-electron chi connectivity index (χ0n) is 6.29. The van der Waals surface area contributed by atoms with Crippen LogP contribution in [0.4, 0.5) is 0 Å². The number of thioether (sulfide) groups is 1. The summed E-state index contributed by atoms with van der Waals surface area (Å²) in [6.45, 7) is 2.12. The minimum absolute atomic E-state index is 1.07. The number of nitrogens with zero attached hydrogens (tertiary/aromatic N) is 1. The van der Waals surface area contributed by atoms with Crippen LogP contribution in [0.2, 0.25) is 0 Å². The molecule has 1 nitrogen and oxygen atoms in total. The third-order valence-electron chi connectivity index (χ3n) is 1.45. The van der Waals surface area contributed by atoms with Crippen LogP contribution < -0.4 is 0 Å². The predicted molar refractivity (Wildman–Crippen MR) is 46.2 cm³/mol. The Morgan fingerprint density at radius 1 is 1.60 bits per heavy atom. The summed E-state index contributed by atoms with van der Waals surface area (Å²) in [5, 5.41) is 0. The summed E-state index contributed by atoms with van der Waals surface area (Å²) in [5.74, 6) is 1.07. The average Bonchev–Trinajstić information content (AvgIpc) is 1.94. The summed E-state index contributed by atoms with van der Waals surface area (Å²) in [7, 11) is 0. The number of aromatic nitrogens is 1. The van der Waals surface area contributed by atoms with Gasteiger partial charge in [0.15, 0.2) is 0 Å². The first-order valence-electron chi connectivity index (χ1n) is 3.23. The molecule has 0 aliphatic heterocycles. The Bertz CT molecular complexity index is 210. The zero-order chi connectivity index (χ0) is 7.40. The van der Waals surface area contributed by atoms with Crippen LogP contribution in [0, 0.1) is 6.92 Å². The number of pyridine rings is 1. The van der Waals surface area contributed by atoms with Crippen molar-refractivity contribution >= 4 is 11.8 Å². The van der Waals surface area contributed by atoms with E-state index in [4.69, 9.17) is 0 Å². The Kier molecular flexibility index (Phi) is 2.75. The number of aryl methyl sites for hydroxylation is 1. The monoisotopic (exact) mass is 153 g/mol. The summed E-state index contributed by atoms with van der Waals surface area (Å²) in [5.41, 5.74) is 2.68. The number of rotatable bonds is 2. The van der Waals surface area contributed by atoms with E-state index >= 15 is 0 Å². The van der Waals surface area contributed by atoms with Crippen LogP contribution in [-0.4, -0.2) is 11.2 Å². The van der Waals surface area contributed by atoms with Gasteiger partial charge in [-0.1, -0.05) is 0 Å². The van der Waals surface area contributed by atoms with Crippen molar-refractivity contribution < 1.29 is 0 Å². The van der Waals surface area contributed by atoms with E-state index in [2.05, 4.69) is 18.2 Å². The molecule has 0 aliphatic rings. The molecule has 0 saturated carbocycles. The maximum absolute atomic E-state index is 4.05. The quantitative estimate of drug-likeness (QED) is 0.646. The molecule has 0 saturated heterocycles. The molecule has 10 heavy (non-hydrogen) atoms. The summed E-state index contributed by atoms with van der Waals surface area (Å²) in [4.78, 5) is 4.05. The molecule has 0 aliphatic carbocycles. The highest BCUT2D eigenvalue weighted by atomic mass is 32.2. The minimum Gasteiger partial charge on any atom is -0.264 e. The highest BCUT2D eigenvalue weighted by Gasteiger charge is 1.93. The normalized spacial score (nSPS) is 9.80. The molecule has 1 aromatic heterocycles. The minimum atomic E-state index is 1.07. The molecular weight excluding hydrogens is 142 g/mol. The third kappa shape index (κ3) is 1.74. The van der Waals surface area contributed by atoms with Crippen LogP contribution in [0.25, 0.3) is 0 Å². The van der Waals surface area contributed by atoms with E-state index in [-0.39, 0.29) is 0 Å². The molecule has 0 unspecified atom stereocenters. The van der Waals surface area contributed by atoms with Gasteiger partial charge in [0.25, 0.3) is 0 Å². The van der Waals surface area contributed by atoms with Crippen LogP contribution >= 0.6 is 11.8 Å². The van der Waals surface area contributed by atoms with Crippen LogP contribution in [0.15, 0.2) is 18.5 Å². The molecule has 0 N–H and O–H groups in total. The van der Waals surface area contributed by atoms with E-state index in [9.17, 15) is 0 Å². The summed E-state index contributed by atoms with van der Waals surface area (Å²) >= 11 is 1.83. The third-order valence-corrected chi connectivity index (χ3v) is 2.05. The number of hydrogen-bond donors (Lipinski definition) is 0. The Hall–Kier alpha value is -0.500. The second kappa shape index (κ2) is 3.62. The second-order valence-electron chi connectivity index (χ2n) is 2.24. The van der Waals surface area contributed by atoms with Crippen LogP contribution in [0.3, 0.4) is 0 Å². The van der Waals surface area contributed by atoms with Gasteiger partial charge in [-0.3, -0.25) is 4.98 Å². The van der Waals surface area contributed by atoms with Crippen LogP contribution in [-0.2, 0) is 5.75 Å². The Labute approximate surface area is 65.9 Å². The lowest BCUT2D eigenvalue weighted by Crippen LogP contribution is -1.85. The SMILES string of the molecule is CSCc1cnccc1C. The molecule has 2 heteroatoms. The largest absolute Gasteiger partial charge is 0.264 e. The molecule has 1 aromatic rings. The van der Waals surface area contributed by atoms with Gasteiger partial charge in [-0.15, -0.1) is 0 Å². The summed E-state index contributed by atoms with van der Waals surface area (Å²) in [6.07, 6.45) is 5.87. The lowest BCUT2D eigenvalue weighted by atomic mass is 10.2. The first-order valence-corrected chi connectivity index (χ1v) is 4.62. The van der Waals surface area contributed by atoms with Gasteiger partial charge >= 0.3 is 0 Å². The van der Waals surface area contributed by atoms with Gasteiger partial charge in [0.05, 0.1) is 0 Å². The van der Waals surface area contributed by atoms with E-state index in [1.54, 1.807) is 0 Å². The van der Waals surface area contributed by atoms with Crippen molar-refractivity contribution in [1.82, 2.24) is 4.98 Å². The Balaban J connectivity index is 2.81. The van der Waals surface area contributed by atoms with E-state index < -0.39 is 0 Å². The van der Waals surface area contributed by atoms with Gasteiger partial charge in [0.2, 0.25) is 0 Å². The zero-order valence-corrected chi connectivity index (χ0v) is 7.11. The lowest BCUT2D eigenvalue weighted by molar-refractivity contribution is 1.20. The van der Waals surface area contributed by atoms with Gasteiger partial charge in [0.1, 0.15) is 0 Å². The maximum Gasteiger partial charge on any atom is 0.0310 e. The van der Waals surface area contributed by atoms with Gasteiger partial charge in [-0.05, 0) is 30.4 Å². The second-order valence-corrected chi connectivity index (χ2v) is 3.10. The molecule has 54 valence electrons. The fraction of sp³-hybridized carbons (Fsp3) is 0.375. The van der Waals surface area contributed by atoms with Crippen molar-refractivity contribution in [2.45, 2.75) is 12.7 Å². The summed E-state index contributed by atoms with van der Waals surface area (Å²) < 4.78 is 0. The van der Waals surface area contributed by atoms with E-state index in [1.807, 2.05) is 30.2 Å². The van der Waals surface area contributed by atoms with Gasteiger partial charge < -0.3 is 0 Å². The maximum atomic E-state index is 4.05. The van der Waals surface area contributed by atoms with Crippen molar-refractivity contribution in [1.29, 1.82) is 0 Å². The van der Waals surface area contributed by atoms with Crippen molar-refractivity contribution in [2.75, 3.05) is 6.26 Å². The highest BCUT2D eigenvalue weighted by molar-refractivity contribution is 7.97. The number of hydrogen-bond acceptors (Lipinski definition) is 2. The smallest absolute Gasteiger partial charge is 0.0310 e. The molecule has 0 spiro atoms. The molecule has 1 heterocycles. The van der Waals surface area contributed by atoms with E-state index in [0.29, 0.717) is 0 Å². The highest BCUT2D eigenvalue weighted by Crippen LogP contribution is 2.11. The molecule has 0 radical (unpaired) electrons. The Morgan fingerprint density at radius 2 is 2.40 bits per heavy atom. The van der Waals surface area contributed by atoms with Gasteiger partial charge in [-0.25, -0.2) is 0 Å². The first kappa shape index (κ1) is 7.61. The van der Waals surface area contributed by atoms with E-state index in [0.717, 1.165) is 5.75 Å². The molecule has 0 aromatic carbocycles. The predicted octanol–water partition coefficient (Wildman–Crippen LogP) is 2.25. The lowest BCUT2D eigenvalue weighted by Gasteiger charge is -2.00. The summed E-state index contributed by atoms with van der Waals surface area (Å²) in [6, 6.07) is 2.05. The van der Waals surface area contributed by atoms with Crippen LogP contribution in [0.5, 0.6) is 0 Å². The van der Waals surface area contributed by atoms with Crippen molar-refractivity contribution in [3.05, 3.63) is 29.6 Å². The molecule has 1 rings (SSSR count).